The average Bonchev–Trinajstić information content (AvgIpc) is 3.83. The zero-order valence-corrected chi connectivity index (χ0v) is 30.7. The zero-order valence-electron chi connectivity index (χ0n) is 30.7. The first kappa shape index (κ1) is 32.6. The number of hydrogen-bond acceptors (Lipinski definition) is 5. The Labute approximate surface area is 328 Å². The molecule has 0 aliphatic carbocycles. The molecule has 57 heavy (non-hydrogen) atoms. The van der Waals surface area contributed by atoms with E-state index in [2.05, 4.69) is 131 Å². The van der Waals surface area contributed by atoms with E-state index in [1.807, 2.05) is 78.9 Å². The summed E-state index contributed by atoms with van der Waals surface area (Å²) in [6, 6.07) is 69.2. The molecule has 0 aliphatic rings. The molecular weight excluding hydrogens is 699 g/mol. The fourth-order valence-electron chi connectivity index (χ4n) is 8.04. The van der Waals surface area contributed by atoms with E-state index in [0.717, 1.165) is 83.1 Å². The molecule has 0 saturated carbocycles. The van der Waals surface area contributed by atoms with Crippen LogP contribution in [0.3, 0.4) is 0 Å². The van der Waals surface area contributed by atoms with Crippen LogP contribution in [0.1, 0.15) is 0 Å². The largest absolute Gasteiger partial charge is 0.456 e. The number of anilines is 3. The Balaban J connectivity index is 1.05. The summed E-state index contributed by atoms with van der Waals surface area (Å²) in [5.41, 5.74) is 11.0. The van der Waals surface area contributed by atoms with Crippen molar-refractivity contribution in [2.24, 2.45) is 0 Å². The predicted octanol–water partition coefficient (Wildman–Crippen LogP) is 13.3. The van der Waals surface area contributed by atoms with E-state index in [4.69, 9.17) is 19.4 Å². The summed E-state index contributed by atoms with van der Waals surface area (Å²) < 4.78 is 8.49. The smallest absolute Gasteiger partial charge is 0.238 e. The van der Waals surface area contributed by atoms with Gasteiger partial charge in [0.15, 0.2) is 11.6 Å². The molecule has 0 N–H and O–H groups in total. The van der Waals surface area contributed by atoms with Crippen LogP contribution < -0.4 is 4.90 Å². The minimum absolute atomic E-state index is 0.571. The molecule has 0 bridgehead atoms. The third kappa shape index (κ3) is 5.62. The highest BCUT2D eigenvalue weighted by Crippen LogP contribution is 2.42. The third-order valence-corrected chi connectivity index (χ3v) is 10.7. The van der Waals surface area contributed by atoms with Gasteiger partial charge in [-0.3, -0.25) is 4.57 Å². The van der Waals surface area contributed by atoms with Crippen molar-refractivity contribution in [2.45, 2.75) is 0 Å². The van der Waals surface area contributed by atoms with Gasteiger partial charge in [0.1, 0.15) is 11.2 Å². The average molecular weight is 732 g/mol. The summed E-state index contributed by atoms with van der Waals surface area (Å²) in [7, 11) is 0. The van der Waals surface area contributed by atoms with Gasteiger partial charge in [0.25, 0.3) is 0 Å². The van der Waals surface area contributed by atoms with E-state index in [-0.39, 0.29) is 0 Å². The lowest BCUT2D eigenvalue weighted by Crippen LogP contribution is -2.09. The summed E-state index contributed by atoms with van der Waals surface area (Å²) in [6.07, 6.45) is 0. The monoisotopic (exact) mass is 731 g/mol. The van der Waals surface area contributed by atoms with Crippen molar-refractivity contribution in [2.75, 3.05) is 4.90 Å². The number of nitrogens with zero attached hydrogens (tertiary/aromatic N) is 5. The molecular formula is C51H33N5O. The highest BCUT2D eigenvalue weighted by Gasteiger charge is 2.21. The normalized spacial score (nSPS) is 11.5. The Morgan fingerprint density at radius 2 is 0.947 bits per heavy atom. The molecule has 0 atom stereocenters. The summed E-state index contributed by atoms with van der Waals surface area (Å²) in [4.78, 5) is 17.5. The molecule has 3 heterocycles. The Hall–Kier alpha value is -7.83. The van der Waals surface area contributed by atoms with Gasteiger partial charge in [0, 0.05) is 55.8 Å². The van der Waals surface area contributed by atoms with E-state index >= 15 is 0 Å². The van der Waals surface area contributed by atoms with Crippen LogP contribution in [0.25, 0.3) is 83.6 Å². The highest BCUT2D eigenvalue weighted by atomic mass is 16.3. The summed E-state index contributed by atoms with van der Waals surface area (Å²) in [6.45, 7) is 0. The first-order chi connectivity index (χ1) is 28.3. The lowest BCUT2D eigenvalue weighted by molar-refractivity contribution is 0.669. The first-order valence-electron chi connectivity index (χ1n) is 19.0. The molecule has 11 rings (SSSR count). The molecule has 0 saturated heterocycles. The van der Waals surface area contributed by atoms with Gasteiger partial charge in [-0.1, -0.05) is 140 Å². The van der Waals surface area contributed by atoms with Crippen LogP contribution >= 0.6 is 0 Å². The molecule has 268 valence electrons. The van der Waals surface area contributed by atoms with Gasteiger partial charge in [0.05, 0.1) is 11.0 Å². The highest BCUT2D eigenvalue weighted by molar-refractivity contribution is 6.15. The lowest BCUT2D eigenvalue weighted by atomic mass is 9.99. The topological polar surface area (TPSA) is 60.0 Å². The van der Waals surface area contributed by atoms with Gasteiger partial charge in [-0.2, -0.15) is 9.97 Å². The molecule has 11 aromatic rings. The molecule has 8 aromatic carbocycles. The Kier molecular flexibility index (Phi) is 7.71. The predicted molar refractivity (Wildman–Crippen MR) is 232 cm³/mol. The van der Waals surface area contributed by atoms with Crippen molar-refractivity contribution in [3.63, 3.8) is 0 Å². The second kappa shape index (κ2) is 13.5. The van der Waals surface area contributed by atoms with Crippen molar-refractivity contribution in [3.05, 3.63) is 200 Å². The molecule has 0 aliphatic heterocycles. The molecule has 6 nitrogen and oxygen atoms in total. The molecule has 0 radical (unpaired) electrons. The maximum Gasteiger partial charge on any atom is 0.238 e. The number of aromatic nitrogens is 4. The van der Waals surface area contributed by atoms with Crippen molar-refractivity contribution in [1.29, 1.82) is 0 Å². The van der Waals surface area contributed by atoms with E-state index in [0.29, 0.717) is 17.6 Å². The van der Waals surface area contributed by atoms with Crippen LogP contribution in [0, 0.1) is 0 Å². The summed E-state index contributed by atoms with van der Waals surface area (Å²) in [5.74, 6) is 1.82. The number of benzene rings is 8. The Bertz CT molecular complexity index is 3170. The van der Waals surface area contributed by atoms with E-state index in [1.165, 1.54) is 0 Å². The van der Waals surface area contributed by atoms with Crippen LogP contribution in [-0.4, -0.2) is 19.5 Å². The van der Waals surface area contributed by atoms with Crippen molar-refractivity contribution in [1.82, 2.24) is 19.5 Å². The van der Waals surface area contributed by atoms with Crippen LogP contribution in [0.4, 0.5) is 17.1 Å². The Morgan fingerprint density at radius 1 is 0.386 bits per heavy atom. The van der Waals surface area contributed by atoms with Gasteiger partial charge in [-0.25, -0.2) is 4.98 Å². The van der Waals surface area contributed by atoms with Gasteiger partial charge in [-0.05, 0) is 65.7 Å². The Morgan fingerprint density at radius 3 is 1.67 bits per heavy atom. The minimum Gasteiger partial charge on any atom is -0.456 e. The van der Waals surface area contributed by atoms with E-state index in [9.17, 15) is 0 Å². The van der Waals surface area contributed by atoms with E-state index < -0.39 is 0 Å². The van der Waals surface area contributed by atoms with Crippen molar-refractivity contribution >= 4 is 60.8 Å². The second-order valence-corrected chi connectivity index (χ2v) is 14.1. The van der Waals surface area contributed by atoms with Crippen molar-refractivity contribution < 1.29 is 4.42 Å². The van der Waals surface area contributed by atoms with Crippen LogP contribution in [0.5, 0.6) is 0 Å². The molecule has 3 aromatic heterocycles. The van der Waals surface area contributed by atoms with Gasteiger partial charge < -0.3 is 9.32 Å². The quantitative estimate of drug-likeness (QED) is 0.163. The number of rotatable bonds is 7. The third-order valence-electron chi connectivity index (χ3n) is 10.7. The van der Waals surface area contributed by atoms with Crippen LogP contribution in [0.15, 0.2) is 205 Å². The maximum atomic E-state index is 6.32. The number of fused-ring (bicyclic) bond motifs is 6. The maximum absolute atomic E-state index is 6.32. The molecule has 6 heteroatoms. The lowest BCUT2D eigenvalue weighted by Gasteiger charge is -2.25. The zero-order chi connectivity index (χ0) is 37.7. The van der Waals surface area contributed by atoms with Gasteiger partial charge >= 0.3 is 0 Å². The second-order valence-electron chi connectivity index (χ2n) is 14.1. The number of hydrogen-bond donors (Lipinski definition) is 0. The summed E-state index contributed by atoms with van der Waals surface area (Å²) in [5, 5.41) is 4.49. The summed E-state index contributed by atoms with van der Waals surface area (Å²) >= 11 is 0. The van der Waals surface area contributed by atoms with Gasteiger partial charge in [-0.15, -0.1) is 0 Å². The van der Waals surface area contributed by atoms with Crippen LogP contribution in [-0.2, 0) is 0 Å². The standard InChI is InChI=1S/C51H33N5O/c1-4-15-35(16-5-1)49-52-50(36-17-6-2-7-18-36)54-51(53-49)56-44-24-12-10-22-43(44)48-40(23-14-25-45(48)56)34-27-29-38(30-28-34)55(37-19-8-3-9-20-37)39-31-32-42-41-21-11-13-26-46(41)57-47(42)33-39/h1-33H. The fourth-order valence-corrected chi connectivity index (χ4v) is 8.04. The van der Waals surface area contributed by atoms with Crippen molar-refractivity contribution in [3.8, 4) is 39.9 Å². The minimum atomic E-state index is 0.571. The molecule has 0 unspecified atom stereocenters. The van der Waals surface area contributed by atoms with Crippen LogP contribution in [0.2, 0.25) is 0 Å². The van der Waals surface area contributed by atoms with Gasteiger partial charge in [0.2, 0.25) is 5.95 Å². The number of para-hydroxylation sites is 3. The SMILES string of the molecule is c1ccc(-c2nc(-c3ccccc3)nc(-n3c4ccccc4c4c(-c5ccc(N(c6ccccc6)c6ccc7c(c6)oc6ccccc67)cc5)cccc43)n2)cc1. The molecule has 0 fully saturated rings. The molecule has 0 spiro atoms. The van der Waals surface area contributed by atoms with E-state index in [1.54, 1.807) is 0 Å². The molecule has 0 amide bonds. The fraction of sp³-hybridized carbons (Fsp3) is 0. The first-order valence-corrected chi connectivity index (χ1v) is 19.0. The number of furan rings is 1.